The number of aliphatic hydroxyl groups excluding tert-OH is 1. The Morgan fingerprint density at radius 3 is 1.92 bits per heavy atom. The highest BCUT2D eigenvalue weighted by molar-refractivity contribution is 4.83. The summed E-state index contributed by atoms with van der Waals surface area (Å²) < 4.78 is 0. The SMILES string of the molecule is CCC1CN(C)CC(CC)C1O. The second kappa shape index (κ2) is 4.24. The van der Waals surface area contributed by atoms with Crippen molar-refractivity contribution < 1.29 is 5.11 Å². The van der Waals surface area contributed by atoms with E-state index < -0.39 is 0 Å². The standard InChI is InChI=1S/C10H21NO/c1-4-8-6-11(3)7-9(5-2)10(8)12/h8-10,12H,4-7H2,1-3H3. The molecule has 0 saturated carbocycles. The van der Waals surface area contributed by atoms with Crippen LogP contribution in [0.3, 0.4) is 0 Å². The number of hydrogen-bond acceptors (Lipinski definition) is 2. The van der Waals surface area contributed by atoms with Crippen LogP contribution in [0.1, 0.15) is 26.7 Å². The minimum Gasteiger partial charge on any atom is -0.392 e. The molecular weight excluding hydrogens is 150 g/mol. The summed E-state index contributed by atoms with van der Waals surface area (Å²) in [7, 11) is 2.15. The number of aliphatic hydroxyl groups is 1. The van der Waals surface area contributed by atoms with Crippen LogP contribution in [0, 0.1) is 11.8 Å². The van der Waals surface area contributed by atoms with E-state index in [2.05, 4.69) is 25.8 Å². The van der Waals surface area contributed by atoms with Crippen molar-refractivity contribution in [2.75, 3.05) is 20.1 Å². The van der Waals surface area contributed by atoms with Crippen molar-refractivity contribution in [1.82, 2.24) is 4.90 Å². The van der Waals surface area contributed by atoms with Gasteiger partial charge in [0.15, 0.2) is 0 Å². The Morgan fingerprint density at radius 1 is 1.17 bits per heavy atom. The van der Waals surface area contributed by atoms with Crippen LogP contribution in [0.15, 0.2) is 0 Å². The first-order valence-corrected chi connectivity index (χ1v) is 5.05. The molecule has 0 bridgehead atoms. The Labute approximate surface area is 75.6 Å². The summed E-state index contributed by atoms with van der Waals surface area (Å²) in [6.07, 6.45) is 2.14. The van der Waals surface area contributed by atoms with E-state index in [0.717, 1.165) is 25.9 Å². The molecule has 0 amide bonds. The van der Waals surface area contributed by atoms with Crippen LogP contribution in [0.2, 0.25) is 0 Å². The van der Waals surface area contributed by atoms with Crippen molar-refractivity contribution in [2.24, 2.45) is 11.8 Å². The molecule has 2 atom stereocenters. The predicted molar refractivity (Wildman–Crippen MR) is 51.1 cm³/mol. The maximum atomic E-state index is 9.92. The average Bonchev–Trinajstić information content (AvgIpc) is 2.08. The monoisotopic (exact) mass is 171 g/mol. The molecule has 1 rings (SSSR count). The molecule has 0 aromatic carbocycles. The summed E-state index contributed by atoms with van der Waals surface area (Å²) in [5.41, 5.74) is 0. The van der Waals surface area contributed by atoms with Crippen molar-refractivity contribution in [3.8, 4) is 0 Å². The van der Waals surface area contributed by atoms with Gasteiger partial charge in [0.05, 0.1) is 6.10 Å². The Balaban J connectivity index is 2.55. The van der Waals surface area contributed by atoms with Crippen LogP contribution in [0.4, 0.5) is 0 Å². The van der Waals surface area contributed by atoms with E-state index in [9.17, 15) is 5.11 Å². The van der Waals surface area contributed by atoms with Crippen LogP contribution in [-0.4, -0.2) is 36.2 Å². The molecule has 2 heteroatoms. The smallest absolute Gasteiger partial charge is 0.0620 e. The number of hydrogen-bond donors (Lipinski definition) is 1. The van der Waals surface area contributed by atoms with Gasteiger partial charge in [0.2, 0.25) is 0 Å². The molecule has 0 aromatic heterocycles. The molecule has 0 radical (unpaired) electrons. The summed E-state index contributed by atoms with van der Waals surface area (Å²) in [6, 6.07) is 0. The van der Waals surface area contributed by atoms with Gasteiger partial charge in [0.1, 0.15) is 0 Å². The van der Waals surface area contributed by atoms with Gasteiger partial charge in [-0.25, -0.2) is 0 Å². The maximum Gasteiger partial charge on any atom is 0.0620 e. The van der Waals surface area contributed by atoms with Crippen molar-refractivity contribution >= 4 is 0 Å². The highest BCUT2D eigenvalue weighted by Gasteiger charge is 2.31. The highest BCUT2D eigenvalue weighted by atomic mass is 16.3. The maximum absolute atomic E-state index is 9.92. The van der Waals surface area contributed by atoms with Gasteiger partial charge < -0.3 is 10.0 Å². The molecule has 1 N–H and O–H groups in total. The Kier molecular flexibility index (Phi) is 3.53. The third-order valence-electron chi connectivity index (χ3n) is 3.11. The zero-order valence-electron chi connectivity index (χ0n) is 8.45. The molecule has 72 valence electrons. The third kappa shape index (κ3) is 1.99. The molecule has 1 aliphatic heterocycles. The molecular formula is C10H21NO. The lowest BCUT2D eigenvalue weighted by Crippen LogP contribution is -2.47. The number of piperidine rings is 1. The van der Waals surface area contributed by atoms with Gasteiger partial charge in [-0.05, 0) is 31.7 Å². The summed E-state index contributed by atoms with van der Waals surface area (Å²) in [5.74, 6) is 0.988. The molecule has 2 unspecified atom stereocenters. The van der Waals surface area contributed by atoms with Gasteiger partial charge in [0.25, 0.3) is 0 Å². The second-order valence-corrected chi connectivity index (χ2v) is 4.05. The molecule has 12 heavy (non-hydrogen) atoms. The van der Waals surface area contributed by atoms with Crippen LogP contribution in [-0.2, 0) is 0 Å². The first-order chi connectivity index (χ1) is 5.69. The van der Waals surface area contributed by atoms with Gasteiger partial charge in [-0.2, -0.15) is 0 Å². The van der Waals surface area contributed by atoms with E-state index in [-0.39, 0.29) is 6.10 Å². The molecule has 2 nitrogen and oxygen atoms in total. The van der Waals surface area contributed by atoms with Crippen molar-refractivity contribution in [1.29, 1.82) is 0 Å². The van der Waals surface area contributed by atoms with Gasteiger partial charge >= 0.3 is 0 Å². The lowest BCUT2D eigenvalue weighted by atomic mass is 9.83. The fraction of sp³-hybridized carbons (Fsp3) is 1.00. The quantitative estimate of drug-likeness (QED) is 0.678. The fourth-order valence-electron chi connectivity index (χ4n) is 2.22. The normalized spacial score (nSPS) is 38.5. The molecule has 0 aliphatic carbocycles. The van der Waals surface area contributed by atoms with E-state index >= 15 is 0 Å². The van der Waals surface area contributed by atoms with Gasteiger partial charge in [-0.3, -0.25) is 0 Å². The number of nitrogens with zero attached hydrogens (tertiary/aromatic N) is 1. The van der Waals surface area contributed by atoms with Crippen molar-refractivity contribution in [3.63, 3.8) is 0 Å². The summed E-state index contributed by atoms with van der Waals surface area (Å²) >= 11 is 0. The lowest BCUT2D eigenvalue weighted by Gasteiger charge is -2.39. The first-order valence-electron chi connectivity index (χ1n) is 5.05. The summed E-state index contributed by atoms with van der Waals surface area (Å²) in [6.45, 7) is 6.46. The Morgan fingerprint density at radius 2 is 1.58 bits per heavy atom. The van der Waals surface area contributed by atoms with Crippen LogP contribution in [0.5, 0.6) is 0 Å². The number of rotatable bonds is 2. The van der Waals surface area contributed by atoms with Crippen molar-refractivity contribution in [2.45, 2.75) is 32.8 Å². The minimum atomic E-state index is -0.0591. The van der Waals surface area contributed by atoms with Crippen molar-refractivity contribution in [3.05, 3.63) is 0 Å². The fourth-order valence-corrected chi connectivity index (χ4v) is 2.22. The summed E-state index contributed by atoms with van der Waals surface area (Å²) in [5, 5.41) is 9.92. The molecule has 1 aliphatic rings. The first kappa shape index (κ1) is 10.0. The largest absolute Gasteiger partial charge is 0.392 e. The summed E-state index contributed by atoms with van der Waals surface area (Å²) in [4.78, 5) is 2.34. The van der Waals surface area contributed by atoms with E-state index in [1.54, 1.807) is 0 Å². The third-order valence-corrected chi connectivity index (χ3v) is 3.11. The molecule has 0 aromatic rings. The number of likely N-dealkylation sites (tertiary alicyclic amines) is 1. The van der Waals surface area contributed by atoms with Crippen LogP contribution in [0.25, 0.3) is 0 Å². The second-order valence-electron chi connectivity index (χ2n) is 4.05. The lowest BCUT2D eigenvalue weighted by molar-refractivity contribution is -0.0164. The Hall–Kier alpha value is -0.0800. The molecule has 1 heterocycles. The highest BCUT2D eigenvalue weighted by Crippen LogP contribution is 2.25. The minimum absolute atomic E-state index is 0.0591. The molecule has 0 spiro atoms. The van der Waals surface area contributed by atoms with Gasteiger partial charge in [-0.1, -0.05) is 13.8 Å². The predicted octanol–water partition coefficient (Wildman–Crippen LogP) is 1.35. The Bertz CT molecular complexity index is 124. The zero-order chi connectivity index (χ0) is 9.14. The average molecular weight is 171 g/mol. The molecule has 1 saturated heterocycles. The topological polar surface area (TPSA) is 23.5 Å². The van der Waals surface area contributed by atoms with Gasteiger partial charge in [-0.15, -0.1) is 0 Å². The van der Waals surface area contributed by atoms with E-state index in [1.165, 1.54) is 0 Å². The van der Waals surface area contributed by atoms with Crippen LogP contribution >= 0.6 is 0 Å². The van der Waals surface area contributed by atoms with E-state index in [0.29, 0.717) is 11.8 Å². The van der Waals surface area contributed by atoms with Crippen LogP contribution < -0.4 is 0 Å². The van der Waals surface area contributed by atoms with E-state index in [1.807, 2.05) is 0 Å². The zero-order valence-corrected chi connectivity index (χ0v) is 8.45. The van der Waals surface area contributed by atoms with Gasteiger partial charge in [0, 0.05) is 13.1 Å². The molecule has 1 fully saturated rings. The van der Waals surface area contributed by atoms with E-state index in [4.69, 9.17) is 0 Å².